The van der Waals surface area contributed by atoms with Crippen molar-refractivity contribution in [3.63, 3.8) is 0 Å². The number of cyclic esters (lactones) is 2. The van der Waals surface area contributed by atoms with Crippen molar-refractivity contribution >= 4 is 31.7 Å². The number of benzene rings is 1. The molecule has 0 N–H and O–H groups in total. The van der Waals surface area contributed by atoms with Crippen molar-refractivity contribution in [2.24, 2.45) is 0 Å². The highest BCUT2D eigenvalue weighted by molar-refractivity contribution is 8.13. The van der Waals surface area contributed by atoms with Crippen molar-refractivity contribution < 1.29 is 22.7 Å². The van der Waals surface area contributed by atoms with E-state index in [1.165, 1.54) is 12.1 Å². The Morgan fingerprint density at radius 3 is 2.40 bits per heavy atom. The van der Waals surface area contributed by atoms with Gasteiger partial charge in [0.05, 0.1) is 16.0 Å². The van der Waals surface area contributed by atoms with Crippen LogP contribution < -0.4 is 0 Å². The summed E-state index contributed by atoms with van der Waals surface area (Å²) in [6.45, 7) is 0. The zero-order valence-electron chi connectivity index (χ0n) is 7.06. The van der Waals surface area contributed by atoms with Gasteiger partial charge in [-0.15, -0.1) is 0 Å². The van der Waals surface area contributed by atoms with Crippen LogP contribution in [0.3, 0.4) is 0 Å². The molecule has 1 aromatic carbocycles. The van der Waals surface area contributed by atoms with Crippen LogP contribution >= 0.6 is 10.7 Å². The average Bonchev–Trinajstić information content (AvgIpc) is 2.41. The summed E-state index contributed by atoms with van der Waals surface area (Å²) in [7, 11) is 1.04. The monoisotopic (exact) mass is 246 g/mol. The van der Waals surface area contributed by atoms with E-state index in [1.807, 2.05) is 0 Å². The van der Waals surface area contributed by atoms with E-state index in [-0.39, 0.29) is 11.1 Å². The molecule has 2 rings (SSSR count). The molecule has 7 heteroatoms. The van der Waals surface area contributed by atoms with E-state index in [0.717, 1.165) is 6.07 Å². The molecule has 0 atom stereocenters. The molecule has 5 nitrogen and oxygen atoms in total. The normalized spacial score (nSPS) is 15.0. The number of carbonyl (C=O) groups is 2. The first-order chi connectivity index (χ1) is 6.91. The van der Waals surface area contributed by atoms with E-state index < -0.39 is 25.9 Å². The van der Waals surface area contributed by atoms with Gasteiger partial charge < -0.3 is 4.74 Å². The van der Waals surface area contributed by atoms with Gasteiger partial charge in [-0.1, -0.05) is 6.07 Å². The van der Waals surface area contributed by atoms with Crippen molar-refractivity contribution in [1.29, 1.82) is 0 Å². The lowest BCUT2D eigenvalue weighted by Crippen LogP contribution is -2.02. The van der Waals surface area contributed by atoms with E-state index in [2.05, 4.69) is 4.74 Å². The van der Waals surface area contributed by atoms with E-state index in [9.17, 15) is 18.0 Å². The van der Waals surface area contributed by atoms with E-state index in [0.29, 0.717) is 0 Å². The number of ether oxygens (including phenoxy) is 1. The van der Waals surface area contributed by atoms with Crippen molar-refractivity contribution in [1.82, 2.24) is 0 Å². The van der Waals surface area contributed by atoms with E-state index in [4.69, 9.17) is 10.7 Å². The second-order valence-corrected chi connectivity index (χ2v) is 5.33. The Bertz CT molecular complexity index is 575. The molecule has 0 saturated heterocycles. The molecule has 0 aromatic heterocycles. The maximum Gasteiger partial charge on any atom is 0.348 e. The van der Waals surface area contributed by atoms with Crippen LogP contribution in [-0.4, -0.2) is 20.4 Å². The summed E-state index contributed by atoms with van der Waals surface area (Å²) in [5.41, 5.74) is -0.376. The molecule has 0 aliphatic carbocycles. The first-order valence-electron chi connectivity index (χ1n) is 3.75. The number of hydrogen-bond donors (Lipinski definition) is 0. The van der Waals surface area contributed by atoms with E-state index >= 15 is 0 Å². The minimum Gasteiger partial charge on any atom is -0.386 e. The highest BCUT2D eigenvalue weighted by Gasteiger charge is 2.35. The average molecular weight is 247 g/mol. The van der Waals surface area contributed by atoms with Gasteiger partial charge in [-0.2, -0.15) is 0 Å². The van der Waals surface area contributed by atoms with Gasteiger partial charge in [0.15, 0.2) is 0 Å². The van der Waals surface area contributed by atoms with Crippen LogP contribution in [0, 0.1) is 0 Å². The van der Waals surface area contributed by atoms with Crippen LogP contribution in [-0.2, 0) is 13.8 Å². The highest BCUT2D eigenvalue weighted by atomic mass is 35.7. The van der Waals surface area contributed by atoms with Crippen LogP contribution in [0.25, 0.3) is 0 Å². The first-order valence-corrected chi connectivity index (χ1v) is 6.06. The molecule has 0 radical (unpaired) electrons. The largest absolute Gasteiger partial charge is 0.386 e. The topological polar surface area (TPSA) is 77.5 Å². The molecule has 78 valence electrons. The first kappa shape index (κ1) is 10.1. The third-order valence-electron chi connectivity index (χ3n) is 1.90. The summed E-state index contributed by atoms with van der Waals surface area (Å²) in [6.07, 6.45) is 0. The Labute approximate surface area is 89.0 Å². The predicted molar refractivity (Wildman–Crippen MR) is 49.2 cm³/mol. The summed E-state index contributed by atoms with van der Waals surface area (Å²) in [6, 6.07) is 3.75. The Morgan fingerprint density at radius 1 is 1.13 bits per heavy atom. The molecule has 0 saturated carbocycles. The van der Waals surface area contributed by atoms with Crippen molar-refractivity contribution in [2.75, 3.05) is 0 Å². The van der Waals surface area contributed by atoms with Gasteiger partial charge >= 0.3 is 11.9 Å². The number of halogens is 1. The predicted octanol–water partition coefficient (Wildman–Crippen LogP) is 0.925. The Balaban J connectivity index is 2.83. The minimum atomic E-state index is -4.07. The molecule has 1 aliphatic rings. The van der Waals surface area contributed by atoms with Crippen LogP contribution in [0.5, 0.6) is 0 Å². The number of hydrogen-bond acceptors (Lipinski definition) is 5. The fraction of sp³-hybridized carbons (Fsp3) is 0. The van der Waals surface area contributed by atoms with Crippen LogP contribution in [0.2, 0.25) is 0 Å². The lowest BCUT2D eigenvalue weighted by molar-refractivity contribution is 0.0442. The summed E-state index contributed by atoms with van der Waals surface area (Å²) < 4.78 is 26.4. The fourth-order valence-corrected chi connectivity index (χ4v) is 2.37. The third kappa shape index (κ3) is 1.51. The van der Waals surface area contributed by atoms with Gasteiger partial charge in [-0.3, -0.25) is 0 Å². The maximum absolute atomic E-state index is 11.2. The SMILES string of the molecule is O=C1OC(=O)c2c1cccc2S(=O)(=O)Cl. The molecule has 15 heavy (non-hydrogen) atoms. The zero-order valence-corrected chi connectivity index (χ0v) is 8.63. The molecule has 1 aromatic rings. The number of fused-ring (bicyclic) bond motifs is 1. The number of carbonyl (C=O) groups excluding carboxylic acids is 2. The quantitative estimate of drug-likeness (QED) is 0.418. The van der Waals surface area contributed by atoms with Crippen molar-refractivity contribution in [3.05, 3.63) is 29.3 Å². The Kier molecular flexibility index (Phi) is 2.06. The minimum absolute atomic E-state index is 0.0817. The lowest BCUT2D eigenvalue weighted by Gasteiger charge is -1.98. The van der Waals surface area contributed by atoms with Crippen molar-refractivity contribution in [3.8, 4) is 0 Å². The number of rotatable bonds is 1. The molecule has 0 spiro atoms. The summed E-state index contributed by atoms with van der Waals surface area (Å²) in [5.74, 6) is -1.85. The molecule has 0 amide bonds. The van der Waals surface area contributed by atoms with Gasteiger partial charge in [0, 0.05) is 10.7 Å². The standard InChI is InChI=1S/C8H3ClO5S/c9-15(12,13)5-3-1-2-4-6(5)8(11)14-7(4)10/h1-3H. The second kappa shape index (κ2) is 3.04. The molecule has 0 unspecified atom stereocenters. The Hall–Kier alpha value is -1.40. The van der Waals surface area contributed by atoms with Gasteiger partial charge in [0.25, 0.3) is 9.05 Å². The van der Waals surface area contributed by atoms with E-state index in [1.54, 1.807) is 0 Å². The summed E-state index contributed by atoms with van der Waals surface area (Å²) >= 11 is 0. The second-order valence-electron chi connectivity index (χ2n) is 2.79. The Morgan fingerprint density at radius 2 is 1.80 bits per heavy atom. The highest BCUT2D eigenvalue weighted by Crippen LogP contribution is 2.28. The fourth-order valence-electron chi connectivity index (χ4n) is 1.31. The van der Waals surface area contributed by atoms with Gasteiger partial charge in [-0.05, 0) is 12.1 Å². The molecule has 1 heterocycles. The molecule has 0 fully saturated rings. The lowest BCUT2D eigenvalue weighted by atomic mass is 10.1. The maximum atomic E-state index is 11.2. The van der Waals surface area contributed by atoms with Crippen LogP contribution in [0.15, 0.2) is 23.1 Å². The smallest absolute Gasteiger partial charge is 0.348 e. The third-order valence-corrected chi connectivity index (χ3v) is 3.26. The summed E-state index contributed by atoms with van der Waals surface area (Å²) in [5, 5.41) is 0. The van der Waals surface area contributed by atoms with Crippen LogP contribution in [0.4, 0.5) is 0 Å². The molecular formula is C8H3ClO5S. The van der Waals surface area contributed by atoms with Gasteiger partial charge in [0.1, 0.15) is 0 Å². The molecule has 1 aliphatic heterocycles. The molecular weight excluding hydrogens is 244 g/mol. The molecule has 0 bridgehead atoms. The number of esters is 2. The van der Waals surface area contributed by atoms with Crippen LogP contribution in [0.1, 0.15) is 20.7 Å². The van der Waals surface area contributed by atoms with Gasteiger partial charge in [0.2, 0.25) is 0 Å². The van der Waals surface area contributed by atoms with Crippen molar-refractivity contribution in [2.45, 2.75) is 4.90 Å². The van der Waals surface area contributed by atoms with Gasteiger partial charge in [-0.25, -0.2) is 18.0 Å². The zero-order chi connectivity index (χ0) is 11.2. The summed E-state index contributed by atoms with van der Waals surface area (Å²) in [4.78, 5) is 21.8.